The van der Waals surface area contributed by atoms with Gasteiger partial charge in [0.05, 0.1) is 35.5 Å². The average Bonchev–Trinajstić information content (AvgIpc) is 3.44. The first-order valence-electron chi connectivity index (χ1n) is 12.4. The molecule has 2 heterocycles. The third kappa shape index (κ3) is 5.72. The van der Waals surface area contributed by atoms with E-state index in [0.717, 1.165) is 5.56 Å². The highest BCUT2D eigenvalue weighted by molar-refractivity contribution is 9.10. The zero-order chi connectivity index (χ0) is 27.7. The van der Waals surface area contributed by atoms with Crippen LogP contribution in [0.15, 0.2) is 58.4 Å². The minimum atomic E-state index is -1.04. The summed E-state index contributed by atoms with van der Waals surface area (Å²) in [6.45, 7) is 6.15. The molecule has 8 nitrogen and oxygen atoms in total. The van der Waals surface area contributed by atoms with Crippen LogP contribution in [-0.2, 0) is 17.6 Å². The van der Waals surface area contributed by atoms with Gasteiger partial charge in [-0.2, -0.15) is 0 Å². The number of amides is 2. The normalized spacial score (nSPS) is 20.3. The monoisotopic (exact) mass is 600 g/mol. The summed E-state index contributed by atoms with van der Waals surface area (Å²) >= 11 is 4.87. The molecule has 0 aliphatic carbocycles. The number of carbonyl (C=O) groups excluding carboxylic acids is 1. The number of nitrogen functional groups attached to an aromatic ring is 1. The first-order valence-corrected chi connectivity index (χ1v) is 14.1. The fourth-order valence-electron chi connectivity index (χ4n) is 5.50. The summed E-state index contributed by atoms with van der Waals surface area (Å²) in [4.78, 5) is 30.9. The molecule has 0 saturated carbocycles. The van der Waals surface area contributed by atoms with E-state index in [1.54, 1.807) is 5.38 Å². The molecule has 1 saturated heterocycles. The average molecular weight is 602 g/mol. The molecule has 2 amide bonds. The van der Waals surface area contributed by atoms with Crippen molar-refractivity contribution in [3.63, 3.8) is 0 Å². The van der Waals surface area contributed by atoms with E-state index in [1.165, 1.54) is 16.2 Å². The van der Waals surface area contributed by atoms with Crippen LogP contribution in [0.2, 0.25) is 0 Å². The lowest BCUT2D eigenvalue weighted by Crippen LogP contribution is -2.59. The Morgan fingerprint density at radius 3 is 2.55 bits per heavy atom. The van der Waals surface area contributed by atoms with Crippen LogP contribution in [0.25, 0.3) is 0 Å². The molecule has 4 rings (SSSR count). The Hall–Kier alpha value is -2.95. The number of carboxylic acid groups (broad SMARTS) is 1. The van der Waals surface area contributed by atoms with E-state index in [4.69, 9.17) is 5.73 Å². The molecule has 1 aliphatic rings. The molecule has 1 fully saturated rings. The number of likely N-dealkylation sites (tertiary alicyclic amines) is 1. The summed E-state index contributed by atoms with van der Waals surface area (Å²) in [5.74, 6) is -0.208. The number of nitrogens with zero attached hydrogens (tertiary/aromatic N) is 2. The minimum absolute atomic E-state index is 0.119. The summed E-state index contributed by atoms with van der Waals surface area (Å²) in [5.41, 5.74) is 7.37. The van der Waals surface area contributed by atoms with E-state index in [1.807, 2.05) is 48.5 Å². The zero-order valence-corrected chi connectivity index (χ0v) is 24.1. The molecular formula is C28H33BrN4O4S. The van der Waals surface area contributed by atoms with E-state index < -0.39 is 29.2 Å². The number of aromatic nitrogens is 1. The first kappa shape index (κ1) is 28.1. The Morgan fingerprint density at radius 2 is 1.97 bits per heavy atom. The highest BCUT2D eigenvalue weighted by Crippen LogP contribution is 2.51. The highest BCUT2D eigenvalue weighted by Gasteiger charge is 2.57. The minimum Gasteiger partial charge on any atom is -0.465 e. The van der Waals surface area contributed by atoms with Gasteiger partial charge in [0, 0.05) is 9.85 Å². The molecule has 202 valence electrons. The van der Waals surface area contributed by atoms with Gasteiger partial charge in [-0.1, -0.05) is 57.2 Å². The predicted molar refractivity (Wildman–Crippen MR) is 153 cm³/mol. The number of anilines is 2. The zero-order valence-electron chi connectivity index (χ0n) is 21.6. The number of benzene rings is 2. The van der Waals surface area contributed by atoms with Crippen molar-refractivity contribution in [1.82, 2.24) is 9.88 Å². The molecule has 0 spiro atoms. The van der Waals surface area contributed by atoms with Gasteiger partial charge in [0.25, 0.3) is 0 Å². The molecule has 0 unspecified atom stereocenters. The molecule has 38 heavy (non-hydrogen) atoms. The van der Waals surface area contributed by atoms with Crippen LogP contribution in [0.1, 0.15) is 56.5 Å². The number of halogens is 1. The maximum atomic E-state index is 12.7. The van der Waals surface area contributed by atoms with E-state index in [9.17, 15) is 19.8 Å². The molecule has 2 aromatic carbocycles. The number of hydrogen-bond acceptors (Lipinski definition) is 6. The van der Waals surface area contributed by atoms with Gasteiger partial charge in [-0.25, -0.2) is 9.78 Å². The molecule has 0 radical (unpaired) electrons. The fraction of sp³-hybridized carbons (Fsp3) is 0.393. The number of hydrogen-bond donors (Lipinski definition) is 4. The molecule has 1 aliphatic heterocycles. The van der Waals surface area contributed by atoms with Crippen molar-refractivity contribution in [2.75, 3.05) is 11.1 Å². The molecule has 5 N–H and O–H groups in total. The van der Waals surface area contributed by atoms with Crippen LogP contribution in [-0.4, -0.2) is 43.7 Å². The quantitative estimate of drug-likeness (QED) is 0.268. The predicted octanol–water partition coefficient (Wildman–Crippen LogP) is 5.87. The SMILES string of the molecule is CC(C)(C)[C@@]1(Cc2ccc(NC(=O)Cc3csc(N)n3)c(Br)c2)CC[C@H]([C@H](O)c2ccccc2)N1C(=O)O. The Morgan fingerprint density at radius 1 is 1.26 bits per heavy atom. The number of nitrogens with one attached hydrogen (secondary N) is 1. The van der Waals surface area contributed by atoms with Crippen LogP contribution in [0, 0.1) is 5.41 Å². The van der Waals surface area contributed by atoms with Crippen LogP contribution in [0.3, 0.4) is 0 Å². The molecular weight excluding hydrogens is 568 g/mol. The van der Waals surface area contributed by atoms with Crippen molar-refractivity contribution in [3.8, 4) is 0 Å². The summed E-state index contributed by atoms with van der Waals surface area (Å²) in [6.07, 6.45) is -0.211. The second-order valence-electron chi connectivity index (χ2n) is 10.8. The van der Waals surface area contributed by atoms with Crippen LogP contribution in [0.4, 0.5) is 15.6 Å². The third-order valence-corrected chi connectivity index (χ3v) is 8.85. The van der Waals surface area contributed by atoms with Crippen molar-refractivity contribution in [1.29, 1.82) is 0 Å². The molecule has 0 bridgehead atoms. The first-order chi connectivity index (χ1) is 17.9. The summed E-state index contributed by atoms with van der Waals surface area (Å²) < 4.78 is 0.700. The van der Waals surface area contributed by atoms with Crippen molar-refractivity contribution >= 4 is 50.1 Å². The van der Waals surface area contributed by atoms with Crippen molar-refractivity contribution < 1.29 is 19.8 Å². The van der Waals surface area contributed by atoms with Crippen molar-refractivity contribution in [2.45, 2.75) is 64.1 Å². The molecule has 3 aromatic rings. The highest BCUT2D eigenvalue weighted by atomic mass is 79.9. The summed E-state index contributed by atoms with van der Waals surface area (Å²) in [6, 6.07) is 14.3. The Kier molecular flexibility index (Phi) is 8.15. The lowest BCUT2D eigenvalue weighted by Gasteiger charge is -2.49. The largest absolute Gasteiger partial charge is 0.465 e. The maximum Gasteiger partial charge on any atom is 0.408 e. The summed E-state index contributed by atoms with van der Waals surface area (Å²) in [7, 11) is 0. The van der Waals surface area contributed by atoms with Crippen molar-refractivity contribution in [3.05, 3.63) is 75.2 Å². The number of nitrogens with two attached hydrogens (primary N) is 1. The maximum absolute atomic E-state index is 12.7. The fourth-order valence-corrected chi connectivity index (χ4v) is 6.58. The Balaban J connectivity index is 1.58. The van der Waals surface area contributed by atoms with Gasteiger partial charge in [0.1, 0.15) is 0 Å². The lowest BCUT2D eigenvalue weighted by molar-refractivity contribution is -0.115. The third-order valence-electron chi connectivity index (χ3n) is 7.47. The van der Waals surface area contributed by atoms with Gasteiger partial charge in [0.15, 0.2) is 5.13 Å². The van der Waals surface area contributed by atoms with Crippen molar-refractivity contribution in [2.24, 2.45) is 5.41 Å². The van der Waals surface area contributed by atoms with Gasteiger partial charge < -0.3 is 21.3 Å². The molecule has 10 heteroatoms. The second-order valence-corrected chi connectivity index (χ2v) is 12.5. The lowest BCUT2D eigenvalue weighted by atomic mass is 9.68. The topological polar surface area (TPSA) is 129 Å². The van der Waals surface area contributed by atoms with Gasteiger partial charge in [0.2, 0.25) is 5.91 Å². The van der Waals surface area contributed by atoms with Gasteiger partial charge in [-0.05, 0) is 63.9 Å². The number of carbonyl (C=O) groups is 2. The van der Waals surface area contributed by atoms with Gasteiger partial charge in [-0.3, -0.25) is 9.69 Å². The number of thiazole rings is 1. The van der Waals surface area contributed by atoms with Crippen LogP contribution < -0.4 is 11.1 Å². The number of aliphatic hydroxyl groups excluding tert-OH is 1. The van der Waals surface area contributed by atoms with Gasteiger partial charge >= 0.3 is 6.09 Å². The molecule has 1 aromatic heterocycles. The second kappa shape index (κ2) is 11.0. The smallest absolute Gasteiger partial charge is 0.408 e. The molecule has 3 atom stereocenters. The Labute approximate surface area is 235 Å². The van der Waals surface area contributed by atoms with Gasteiger partial charge in [-0.15, -0.1) is 11.3 Å². The Bertz CT molecular complexity index is 1310. The number of rotatable bonds is 7. The van der Waals surface area contributed by atoms with E-state index in [0.29, 0.717) is 45.8 Å². The van der Waals surface area contributed by atoms with Crippen LogP contribution in [0.5, 0.6) is 0 Å². The van der Waals surface area contributed by atoms with Crippen LogP contribution >= 0.6 is 27.3 Å². The standard InChI is InChI=1S/C28H33BrN4O4S/c1-27(2,3)28(12-11-22(33(28)26(36)37)24(35)18-7-5-4-6-8-18)15-17-9-10-21(20(29)13-17)32-23(34)14-19-16-38-25(30)31-19/h4-10,13,16,22,24,35H,11-12,14-15H2,1-3H3,(H2,30,31)(H,32,34)(H,36,37)/t22-,24-,28+/m1/s1. The summed E-state index contributed by atoms with van der Waals surface area (Å²) in [5, 5.41) is 26.7. The number of aliphatic hydroxyl groups is 1. The van der Waals surface area contributed by atoms with E-state index in [-0.39, 0.29) is 12.3 Å². The van der Waals surface area contributed by atoms with E-state index >= 15 is 0 Å². The van der Waals surface area contributed by atoms with E-state index in [2.05, 4.69) is 47.0 Å².